The van der Waals surface area contributed by atoms with E-state index < -0.39 is 0 Å². The van der Waals surface area contributed by atoms with Crippen LogP contribution in [0.15, 0.2) is 54.6 Å². The van der Waals surface area contributed by atoms with Gasteiger partial charge in [0.15, 0.2) is 11.5 Å². The molecule has 0 spiro atoms. The predicted octanol–water partition coefficient (Wildman–Crippen LogP) is 6.41. The molecule has 0 atom stereocenters. The Morgan fingerprint density at radius 1 is 0.893 bits per heavy atom. The summed E-state index contributed by atoms with van der Waals surface area (Å²) in [6.45, 7) is 2.75. The summed E-state index contributed by atoms with van der Waals surface area (Å²) in [5.74, 6) is 2.18. The van der Waals surface area contributed by atoms with Gasteiger partial charge in [0.05, 0.1) is 13.7 Å². The van der Waals surface area contributed by atoms with Crippen molar-refractivity contribution in [3.8, 4) is 23.0 Å². The number of benzene rings is 3. The van der Waals surface area contributed by atoms with Gasteiger partial charge < -0.3 is 14.2 Å². The van der Waals surface area contributed by atoms with E-state index in [0.717, 1.165) is 29.9 Å². The van der Waals surface area contributed by atoms with Crippen molar-refractivity contribution in [2.24, 2.45) is 0 Å². The van der Waals surface area contributed by atoms with E-state index in [1.54, 1.807) is 19.2 Å². The van der Waals surface area contributed by atoms with Gasteiger partial charge in [-0.05, 0) is 41.5 Å². The van der Waals surface area contributed by atoms with E-state index >= 15 is 0 Å². The van der Waals surface area contributed by atoms with E-state index in [0.29, 0.717) is 35.2 Å². The largest absolute Gasteiger partial charge is 0.493 e. The number of fused-ring (bicyclic) bond motifs is 1. The second-order valence-corrected chi connectivity index (χ2v) is 6.69. The Kier molecular flexibility index (Phi) is 6.90. The van der Waals surface area contributed by atoms with Crippen molar-refractivity contribution in [1.82, 2.24) is 0 Å². The van der Waals surface area contributed by atoms with Crippen LogP contribution >= 0.6 is 0 Å². The smallest absolute Gasteiger partial charge is 0.204 e. The van der Waals surface area contributed by atoms with Crippen LogP contribution in [0, 0.1) is 0 Å². The molecule has 3 aromatic rings. The van der Waals surface area contributed by atoms with E-state index in [-0.39, 0.29) is 0 Å². The molecular weight excluding hydrogens is 352 g/mol. The van der Waals surface area contributed by atoms with Crippen LogP contribution in [0.3, 0.4) is 0 Å². The summed E-state index contributed by atoms with van der Waals surface area (Å²) in [6.07, 6.45) is 5.22. The van der Waals surface area contributed by atoms with E-state index in [2.05, 4.69) is 13.0 Å². The highest BCUT2D eigenvalue weighted by Crippen LogP contribution is 2.41. The van der Waals surface area contributed by atoms with E-state index in [9.17, 15) is 4.79 Å². The Morgan fingerprint density at radius 2 is 1.68 bits per heavy atom. The molecule has 0 radical (unpaired) electrons. The molecule has 0 unspecified atom stereocenters. The lowest BCUT2D eigenvalue weighted by Crippen LogP contribution is -2.02. The average Bonchev–Trinajstić information content (AvgIpc) is 2.74. The zero-order valence-corrected chi connectivity index (χ0v) is 16.4. The summed E-state index contributed by atoms with van der Waals surface area (Å²) in [6, 6.07) is 17.3. The minimum Gasteiger partial charge on any atom is -0.493 e. The Labute approximate surface area is 166 Å². The zero-order chi connectivity index (χ0) is 19.8. The van der Waals surface area contributed by atoms with Gasteiger partial charge in [0, 0.05) is 5.56 Å². The van der Waals surface area contributed by atoms with Crippen LogP contribution in [0.1, 0.15) is 43.0 Å². The summed E-state index contributed by atoms with van der Waals surface area (Å²) in [5, 5.41) is 2.22. The second kappa shape index (κ2) is 9.79. The van der Waals surface area contributed by atoms with Gasteiger partial charge >= 0.3 is 0 Å². The zero-order valence-electron chi connectivity index (χ0n) is 16.4. The van der Waals surface area contributed by atoms with Gasteiger partial charge in [-0.3, -0.25) is 4.79 Å². The topological polar surface area (TPSA) is 44.8 Å². The summed E-state index contributed by atoms with van der Waals surface area (Å²) in [5.41, 5.74) is 0.478. The standard InChI is InChI=1S/C24H26O4/c1-3-4-5-8-13-27-24-22(26-2)14-18(17-25)15-23(24)28-21-12-11-19-9-6-7-10-20(19)16-21/h6-7,9-12,14-17H,3-5,8,13H2,1-2H3. The SMILES string of the molecule is CCCCCCOc1c(OC)cc(C=O)cc1Oc1ccc2ccccc2c1. The molecule has 0 bridgehead atoms. The van der Waals surface area contributed by atoms with Gasteiger partial charge in [0.1, 0.15) is 12.0 Å². The molecule has 0 aliphatic rings. The molecule has 0 aliphatic carbocycles. The number of unbranched alkanes of at least 4 members (excludes halogenated alkanes) is 3. The van der Waals surface area contributed by atoms with Crippen LogP contribution in [0.2, 0.25) is 0 Å². The lowest BCUT2D eigenvalue weighted by Gasteiger charge is -2.16. The first kappa shape index (κ1) is 19.7. The minimum atomic E-state index is 0.478. The van der Waals surface area contributed by atoms with Crippen LogP contribution in [0.4, 0.5) is 0 Å². The van der Waals surface area contributed by atoms with Crippen LogP contribution in [0.5, 0.6) is 23.0 Å². The normalized spacial score (nSPS) is 10.6. The van der Waals surface area contributed by atoms with Gasteiger partial charge in [-0.2, -0.15) is 0 Å². The molecule has 0 amide bonds. The maximum Gasteiger partial charge on any atom is 0.204 e. The Hall–Kier alpha value is -3.01. The van der Waals surface area contributed by atoms with Crippen molar-refractivity contribution in [1.29, 1.82) is 0 Å². The highest BCUT2D eigenvalue weighted by atomic mass is 16.5. The van der Waals surface area contributed by atoms with Gasteiger partial charge in [0.2, 0.25) is 5.75 Å². The van der Waals surface area contributed by atoms with Crippen molar-refractivity contribution in [2.45, 2.75) is 32.6 Å². The molecule has 4 heteroatoms. The highest BCUT2D eigenvalue weighted by molar-refractivity contribution is 5.84. The number of rotatable bonds is 10. The van der Waals surface area contributed by atoms with Crippen molar-refractivity contribution >= 4 is 17.1 Å². The van der Waals surface area contributed by atoms with Crippen LogP contribution in [0.25, 0.3) is 10.8 Å². The number of hydrogen-bond acceptors (Lipinski definition) is 4. The van der Waals surface area contributed by atoms with Crippen molar-refractivity contribution in [3.05, 3.63) is 60.2 Å². The monoisotopic (exact) mass is 378 g/mol. The molecule has 146 valence electrons. The van der Waals surface area contributed by atoms with E-state index in [4.69, 9.17) is 14.2 Å². The van der Waals surface area contributed by atoms with Crippen molar-refractivity contribution < 1.29 is 19.0 Å². The van der Waals surface area contributed by atoms with Gasteiger partial charge in [0.25, 0.3) is 0 Å². The van der Waals surface area contributed by atoms with Crippen LogP contribution in [-0.2, 0) is 0 Å². The number of carbonyl (C=O) groups excluding carboxylic acids is 1. The maximum atomic E-state index is 11.3. The fourth-order valence-electron chi connectivity index (χ4n) is 3.10. The first-order chi connectivity index (χ1) is 13.7. The third-order valence-corrected chi connectivity index (χ3v) is 4.59. The Morgan fingerprint density at radius 3 is 2.43 bits per heavy atom. The lowest BCUT2D eigenvalue weighted by molar-refractivity contribution is 0.112. The van der Waals surface area contributed by atoms with Gasteiger partial charge in [-0.15, -0.1) is 0 Å². The quantitative estimate of drug-likeness (QED) is 0.302. The van der Waals surface area contributed by atoms with E-state index in [1.165, 1.54) is 12.8 Å². The van der Waals surface area contributed by atoms with Gasteiger partial charge in [-0.1, -0.05) is 56.5 Å². The molecule has 0 aliphatic heterocycles. The summed E-state index contributed by atoms with van der Waals surface area (Å²) >= 11 is 0. The molecule has 0 N–H and O–H groups in total. The minimum absolute atomic E-state index is 0.478. The molecule has 3 rings (SSSR count). The van der Waals surface area contributed by atoms with Crippen LogP contribution in [-0.4, -0.2) is 20.0 Å². The molecule has 0 saturated carbocycles. The number of hydrogen-bond donors (Lipinski definition) is 0. The number of methoxy groups -OCH3 is 1. The van der Waals surface area contributed by atoms with Crippen LogP contribution < -0.4 is 14.2 Å². The number of ether oxygens (including phenoxy) is 3. The molecular formula is C24H26O4. The lowest BCUT2D eigenvalue weighted by atomic mass is 10.1. The number of carbonyl (C=O) groups is 1. The van der Waals surface area contributed by atoms with Gasteiger partial charge in [-0.25, -0.2) is 0 Å². The average molecular weight is 378 g/mol. The van der Waals surface area contributed by atoms with E-state index in [1.807, 2.05) is 36.4 Å². The number of aldehydes is 1. The Balaban J connectivity index is 1.88. The highest BCUT2D eigenvalue weighted by Gasteiger charge is 2.16. The molecule has 4 nitrogen and oxygen atoms in total. The third kappa shape index (κ3) is 4.83. The molecule has 28 heavy (non-hydrogen) atoms. The molecule has 3 aromatic carbocycles. The van der Waals surface area contributed by atoms with Crippen molar-refractivity contribution in [3.63, 3.8) is 0 Å². The third-order valence-electron chi connectivity index (χ3n) is 4.59. The second-order valence-electron chi connectivity index (χ2n) is 6.69. The first-order valence-electron chi connectivity index (χ1n) is 9.71. The molecule has 0 aromatic heterocycles. The summed E-state index contributed by atoms with van der Waals surface area (Å²) in [4.78, 5) is 11.3. The fourth-order valence-corrected chi connectivity index (χ4v) is 3.10. The summed E-state index contributed by atoms with van der Waals surface area (Å²) in [7, 11) is 1.56. The summed E-state index contributed by atoms with van der Waals surface area (Å²) < 4.78 is 17.6. The predicted molar refractivity (Wildman–Crippen MR) is 112 cm³/mol. The first-order valence-corrected chi connectivity index (χ1v) is 9.71. The Bertz CT molecular complexity index is 933. The maximum absolute atomic E-state index is 11.3. The molecule has 0 saturated heterocycles. The fraction of sp³-hybridized carbons (Fsp3) is 0.292. The van der Waals surface area contributed by atoms with Crippen molar-refractivity contribution in [2.75, 3.05) is 13.7 Å². The molecule has 0 fully saturated rings. The molecule has 0 heterocycles.